The van der Waals surface area contributed by atoms with Gasteiger partial charge in [0.25, 0.3) is 11.8 Å². The molecule has 0 saturated carbocycles. The molecular formula is C23H18ClN5O3. The van der Waals surface area contributed by atoms with Crippen LogP contribution < -0.4 is 15.6 Å². The number of para-hydroxylation sites is 1. The van der Waals surface area contributed by atoms with E-state index in [1.165, 1.54) is 19.2 Å². The predicted octanol–water partition coefficient (Wildman–Crippen LogP) is 3.67. The molecule has 2 heterocycles. The first-order valence-corrected chi connectivity index (χ1v) is 9.94. The normalized spacial score (nSPS) is 10.4. The molecule has 2 aromatic carbocycles. The third kappa shape index (κ3) is 4.45. The fourth-order valence-corrected chi connectivity index (χ4v) is 3.23. The highest BCUT2D eigenvalue weighted by Gasteiger charge is 2.20. The van der Waals surface area contributed by atoms with Crippen LogP contribution in [0.4, 0.5) is 0 Å². The van der Waals surface area contributed by atoms with Gasteiger partial charge in [-0.3, -0.25) is 25.4 Å². The Hall–Kier alpha value is -4.17. The van der Waals surface area contributed by atoms with Gasteiger partial charge in [0.2, 0.25) is 0 Å². The highest BCUT2D eigenvalue weighted by Crippen LogP contribution is 2.24. The van der Waals surface area contributed by atoms with Gasteiger partial charge in [-0.25, -0.2) is 4.68 Å². The Morgan fingerprint density at radius 2 is 1.72 bits per heavy atom. The van der Waals surface area contributed by atoms with Gasteiger partial charge in [0.15, 0.2) is 0 Å². The molecule has 0 atom stereocenters. The molecule has 2 N–H and O–H groups in total. The minimum atomic E-state index is -0.551. The number of carbonyl (C=O) groups excluding carboxylic acids is 2. The number of hydrazine groups is 1. The van der Waals surface area contributed by atoms with Crippen LogP contribution in [0.1, 0.15) is 20.7 Å². The molecule has 0 saturated heterocycles. The molecule has 4 aromatic rings. The Balaban J connectivity index is 1.60. The Labute approximate surface area is 188 Å². The number of benzene rings is 2. The quantitative estimate of drug-likeness (QED) is 0.455. The summed E-state index contributed by atoms with van der Waals surface area (Å²) in [6.07, 6.45) is 4.85. The van der Waals surface area contributed by atoms with Crippen LogP contribution in [0.15, 0.2) is 79.3 Å². The van der Waals surface area contributed by atoms with Crippen molar-refractivity contribution in [1.29, 1.82) is 0 Å². The van der Waals surface area contributed by atoms with Crippen molar-refractivity contribution in [2.45, 2.75) is 0 Å². The first-order valence-electron chi connectivity index (χ1n) is 9.56. The second-order valence-corrected chi connectivity index (χ2v) is 7.10. The number of nitrogens with one attached hydrogen (secondary N) is 2. The maximum absolute atomic E-state index is 13.0. The molecule has 0 unspecified atom stereocenters. The van der Waals surface area contributed by atoms with Crippen molar-refractivity contribution in [2.75, 3.05) is 7.11 Å². The van der Waals surface area contributed by atoms with E-state index in [-0.39, 0.29) is 16.9 Å². The lowest BCUT2D eigenvalue weighted by Gasteiger charge is -2.10. The van der Waals surface area contributed by atoms with Gasteiger partial charge in [-0.05, 0) is 42.5 Å². The van der Waals surface area contributed by atoms with Crippen molar-refractivity contribution in [1.82, 2.24) is 25.6 Å². The van der Waals surface area contributed by atoms with E-state index >= 15 is 0 Å². The van der Waals surface area contributed by atoms with Gasteiger partial charge < -0.3 is 4.74 Å². The summed E-state index contributed by atoms with van der Waals surface area (Å²) in [5, 5.41) is 4.99. The number of carbonyl (C=O) groups is 2. The molecular weight excluding hydrogens is 430 g/mol. The number of aromatic nitrogens is 3. The summed E-state index contributed by atoms with van der Waals surface area (Å²) in [7, 11) is 1.43. The molecule has 32 heavy (non-hydrogen) atoms. The lowest BCUT2D eigenvalue weighted by Crippen LogP contribution is -2.41. The topological polar surface area (TPSA) is 98.1 Å². The van der Waals surface area contributed by atoms with Crippen LogP contribution >= 0.6 is 11.6 Å². The largest absolute Gasteiger partial charge is 0.496 e. The minimum Gasteiger partial charge on any atom is -0.496 e. The third-order valence-corrected chi connectivity index (χ3v) is 4.85. The summed E-state index contributed by atoms with van der Waals surface area (Å²) in [5.41, 5.74) is 7.21. The van der Waals surface area contributed by atoms with E-state index < -0.39 is 11.8 Å². The molecule has 0 radical (unpaired) electrons. The second kappa shape index (κ2) is 9.32. The summed E-state index contributed by atoms with van der Waals surface area (Å²) >= 11 is 5.94. The van der Waals surface area contributed by atoms with Crippen molar-refractivity contribution in [3.8, 4) is 22.7 Å². The lowest BCUT2D eigenvalue weighted by atomic mass is 10.1. The lowest BCUT2D eigenvalue weighted by molar-refractivity contribution is 0.0845. The maximum atomic E-state index is 13.0. The standard InChI is InChI=1S/C23H18ClN5O3/c1-32-20-12-16(24)9-10-18(20)22(30)26-27-23(31)19-14-29(17-7-3-2-4-8-17)28-21(19)15-6-5-11-25-13-15/h2-14H,1H3,(H,26,30)(H,27,31). The SMILES string of the molecule is COc1cc(Cl)ccc1C(=O)NNC(=O)c1cn(-c2ccccc2)nc1-c1cccnc1. The fourth-order valence-electron chi connectivity index (χ4n) is 3.07. The number of methoxy groups -OCH3 is 1. The number of ether oxygens (including phenoxy) is 1. The molecule has 0 aliphatic rings. The maximum Gasteiger partial charge on any atom is 0.273 e. The Kier molecular flexibility index (Phi) is 6.14. The Bertz CT molecular complexity index is 1260. The van der Waals surface area contributed by atoms with Crippen LogP contribution in [0.3, 0.4) is 0 Å². The van der Waals surface area contributed by atoms with Crippen molar-refractivity contribution in [3.63, 3.8) is 0 Å². The first-order chi connectivity index (χ1) is 15.6. The number of nitrogens with zero attached hydrogens (tertiary/aromatic N) is 3. The molecule has 9 heteroatoms. The zero-order valence-corrected chi connectivity index (χ0v) is 17.7. The highest BCUT2D eigenvalue weighted by molar-refractivity contribution is 6.30. The first kappa shape index (κ1) is 21.1. The Morgan fingerprint density at radius 1 is 0.969 bits per heavy atom. The van der Waals surface area contributed by atoms with Crippen molar-refractivity contribution in [3.05, 3.63) is 95.4 Å². The average Bonchev–Trinajstić information content (AvgIpc) is 3.29. The van der Waals surface area contributed by atoms with E-state index in [9.17, 15) is 9.59 Å². The molecule has 0 aliphatic carbocycles. The smallest absolute Gasteiger partial charge is 0.273 e. The molecule has 160 valence electrons. The number of pyridine rings is 1. The molecule has 2 amide bonds. The van der Waals surface area contributed by atoms with E-state index in [1.54, 1.807) is 41.5 Å². The van der Waals surface area contributed by atoms with Crippen molar-refractivity contribution >= 4 is 23.4 Å². The zero-order chi connectivity index (χ0) is 22.5. The number of hydrogen-bond donors (Lipinski definition) is 2. The van der Waals surface area contributed by atoms with Gasteiger partial charge in [-0.2, -0.15) is 5.10 Å². The minimum absolute atomic E-state index is 0.227. The van der Waals surface area contributed by atoms with Gasteiger partial charge in [-0.1, -0.05) is 29.8 Å². The van der Waals surface area contributed by atoms with E-state index in [0.29, 0.717) is 16.3 Å². The molecule has 0 bridgehead atoms. The summed E-state index contributed by atoms with van der Waals surface area (Å²) < 4.78 is 6.79. The van der Waals surface area contributed by atoms with Crippen molar-refractivity contribution in [2.24, 2.45) is 0 Å². The number of hydrogen-bond acceptors (Lipinski definition) is 5. The van der Waals surface area contributed by atoms with Crippen LogP contribution in [0.2, 0.25) is 5.02 Å². The van der Waals surface area contributed by atoms with E-state index in [0.717, 1.165) is 5.69 Å². The average molecular weight is 448 g/mol. The Morgan fingerprint density at radius 3 is 2.41 bits per heavy atom. The molecule has 0 spiro atoms. The zero-order valence-electron chi connectivity index (χ0n) is 16.9. The number of rotatable bonds is 5. The third-order valence-electron chi connectivity index (χ3n) is 4.61. The van der Waals surface area contributed by atoms with Gasteiger partial charge in [0.05, 0.1) is 23.9 Å². The summed E-state index contributed by atoms with van der Waals surface area (Å²) in [6.45, 7) is 0. The summed E-state index contributed by atoms with van der Waals surface area (Å²) in [5.74, 6) is -0.797. The second-order valence-electron chi connectivity index (χ2n) is 6.67. The van der Waals surface area contributed by atoms with Crippen LogP contribution in [0.25, 0.3) is 16.9 Å². The van der Waals surface area contributed by atoms with Crippen LogP contribution in [-0.2, 0) is 0 Å². The van der Waals surface area contributed by atoms with Gasteiger partial charge in [0.1, 0.15) is 11.4 Å². The molecule has 2 aromatic heterocycles. The van der Waals surface area contributed by atoms with Gasteiger partial charge in [0, 0.05) is 29.2 Å². The number of amides is 2. The highest BCUT2D eigenvalue weighted by atomic mass is 35.5. The van der Waals surface area contributed by atoms with Crippen molar-refractivity contribution < 1.29 is 14.3 Å². The summed E-state index contributed by atoms with van der Waals surface area (Å²) in [6, 6.07) is 17.5. The monoisotopic (exact) mass is 447 g/mol. The van der Waals surface area contributed by atoms with Crippen LogP contribution in [0, 0.1) is 0 Å². The molecule has 0 aliphatic heterocycles. The predicted molar refractivity (Wildman–Crippen MR) is 120 cm³/mol. The van der Waals surface area contributed by atoms with E-state index in [2.05, 4.69) is 20.9 Å². The summed E-state index contributed by atoms with van der Waals surface area (Å²) in [4.78, 5) is 29.7. The number of halogens is 1. The fraction of sp³-hybridized carbons (Fsp3) is 0.0435. The molecule has 4 rings (SSSR count). The van der Waals surface area contributed by atoms with E-state index in [1.807, 2.05) is 30.3 Å². The van der Waals surface area contributed by atoms with Crippen LogP contribution in [0.5, 0.6) is 5.75 Å². The van der Waals surface area contributed by atoms with Gasteiger partial charge in [-0.15, -0.1) is 0 Å². The van der Waals surface area contributed by atoms with E-state index in [4.69, 9.17) is 16.3 Å². The molecule has 8 nitrogen and oxygen atoms in total. The molecule has 0 fully saturated rings. The van der Waals surface area contributed by atoms with Crippen LogP contribution in [-0.4, -0.2) is 33.7 Å². The van der Waals surface area contributed by atoms with Gasteiger partial charge >= 0.3 is 0 Å².